The molecule has 0 amide bonds. The summed E-state index contributed by atoms with van der Waals surface area (Å²) < 4.78 is 49.8. The van der Waals surface area contributed by atoms with Gasteiger partial charge >= 0.3 is 10.4 Å². The summed E-state index contributed by atoms with van der Waals surface area (Å²) in [6.07, 6.45) is 14.7. The molecule has 0 unspecified atom stereocenters. The van der Waals surface area contributed by atoms with Gasteiger partial charge in [-0.1, -0.05) is 42.5 Å². The molecular formula is C54H63N3O14S. The Kier molecular flexibility index (Phi) is 10.4. The number of carbonyl (C=O) groups is 1. The molecule has 3 saturated heterocycles. The second-order valence-corrected chi connectivity index (χ2v) is 23.9. The van der Waals surface area contributed by atoms with Crippen LogP contribution in [0.3, 0.4) is 0 Å². The van der Waals surface area contributed by atoms with Crippen LogP contribution in [0, 0.1) is 17.8 Å². The highest BCUT2D eigenvalue weighted by molar-refractivity contribution is 7.79. The zero-order valence-electron chi connectivity index (χ0n) is 40.3. The molecule has 16 rings (SSSR count). The number of phenolic OH excluding ortho intramolecular Hbond substituents is 3. The van der Waals surface area contributed by atoms with E-state index in [1.807, 2.05) is 30.4 Å². The van der Waals surface area contributed by atoms with Crippen LogP contribution >= 0.6 is 0 Å². The van der Waals surface area contributed by atoms with Crippen molar-refractivity contribution in [3.8, 4) is 34.5 Å². The number of aliphatic hydroxyl groups excluding tert-OH is 2. The largest absolute Gasteiger partial charge is 0.504 e. The van der Waals surface area contributed by atoms with Crippen LogP contribution in [0.2, 0.25) is 0 Å². The molecule has 2 saturated carbocycles. The predicted octanol–water partition coefficient (Wildman–Crippen LogP) is 3.27. The van der Waals surface area contributed by atoms with E-state index in [1.165, 1.54) is 35.1 Å². The van der Waals surface area contributed by atoms with E-state index in [4.69, 9.17) is 31.7 Å². The lowest BCUT2D eigenvalue weighted by molar-refractivity contribution is -0.188. The zero-order chi connectivity index (χ0) is 50.2. The fourth-order valence-electron chi connectivity index (χ4n) is 16.7. The number of Topliss-reactive ketones (excluding diaryl/α,β-unsaturated/α-hetero) is 1. The quantitative estimate of drug-likeness (QED) is 0.136. The van der Waals surface area contributed by atoms with Gasteiger partial charge in [-0.15, -0.1) is 0 Å². The third-order valence-electron chi connectivity index (χ3n) is 19.9. The van der Waals surface area contributed by atoms with E-state index in [0.29, 0.717) is 54.0 Å². The molecule has 6 aliphatic heterocycles. The molecule has 5 fully saturated rings. The van der Waals surface area contributed by atoms with Crippen molar-refractivity contribution in [3.63, 3.8) is 0 Å². The molecule has 3 aromatic rings. The van der Waals surface area contributed by atoms with Crippen LogP contribution in [0.1, 0.15) is 78.3 Å². The van der Waals surface area contributed by atoms with E-state index < -0.39 is 39.7 Å². The lowest BCUT2D eigenvalue weighted by Crippen LogP contribution is -2.76. The topological polar surface area (TPSA) is 250 Å². The van der Waals surface area contributed by atoms with Gasteiger partial charge in [0.1, 0.15) is 24.4 Å². The molecule has 6 bridgehead atoms. The number of benzene rings is 3. The molecule has 3 spiro atoms. The van der Waals surface area contributed by atoms with Gasteiger partial charge in [0.05, 0.1) is 11.0 Å². The van der Waals surface area contributed by atoms with Crippen molar-refractivity contribution in [1.29, 1.82) is 0 Å². The van der Waals surface area contributed by atoms with E-state index in [2.05, 4.69) is 40.9 Å². The Hall–Kier alpha value is -4.76. The van der Waals surface area contributed by atoms with Crippen LogP contribution in [0.4, 0.5) is 0 Å². The van der Waals surface area contributed by atoms with Crippen LogP contribution in [0.15, 0.2) is 60.7 Å². The average Bonchev–Trinajstić information content (AvgIpc) is 3.81. The molecule has 6 heterocycles. The molecule has 17 nitrogen and oxygen atoms in total. The number of ketones is 1. The second kappa shape index (κ2) is 15.9. The van der Waals surface area contributed by atoms with E-state index in [9.17, 15) is 35.4 Å². The van der Waals surface area contributed by atoms with Crippen LogP contribution < -0.4 is 14.2 Å². The number of likely N-dealkylation sites (tertiary alicyclic amines) is 3. The minimum absolute atomic E-state index is 0.0454. The standard InChI is InChI=1S/C20H23NO4.2C17H19NO3.H2O4S/c22-13-4-3-12-9-15-20(24)6-5-14(23)18-19(20,16(12)17(13)25-18)7-8-21(15)10-11-1-2-11;2*1-18-7-6-17-10-3-5-13(20)16(17)21-15-12(19)4-2-9(14(15)17)8-11(10)18;1-5(2,3)4/h3-4,11,15,18,22,24H,1-2,5-10H2;2*2-5,10-11,13,16,19-20H,6-8H2,1H3;(H2,1,2,3,4)/t15-,18+,19+,20-;2*10-,11+,13-,16-,17-;/m100./s1. The number of hydrogen-bond donors (Lipinski definition) is 8. The highest BCUT2D eigenvalue weighted by Crippen LogP contribution is 2.66. The van der Waals surface area contributed by atoms with Crippen molar-refractivity contribution in [2.24, 2.45) is 17.8 Å². The molecule has 72 heavy (non-hydrogen) atoms. The van der Waals surface area contributed by atoms with E-state index in [0.717, 1.165) is 81.7 Å². The number of carbonyl (C=O) groups excluding carboxylic acids is 1. The molecule has 0 radical (unpaired) electrons. The third-order valence-corrected chi connectivity index (χ3v) is 19.9. The van der Waals surface area contributed by atoms with Crippen molar-refractivity contribution in [2.75, 3.05) is 40.3 Å². The maximum Gasteiger partial charge on any atom is 0.394 e. The first kappa shape index (κ1) is 47.0. The number of rotatable bonds is 2. The normalized spacial score (nSPS) is 40.0. The lowest BCUT2D eigenvalue weighted by Gasteiger charge is -2.62. The Balaban J connectivity index is 0.000000101. The number of likely N-dealkylation sites (N-methyl/N-ethyl adjacent to an activating group) is 2. The maximum absolute atomic E-state index is 12.7. The first-order chi connectivity index (χ1) is 34.3. The third kappa shape index (κ3) is 6.33. The van der Waals surface area contributed by atoms with Gasteiger partial charge < -0.3 is 54.6 Å². The summed E-state index contributed by atoms with van der Waals surface area (Å²) >= 11 is 0. The maximum atomic E-state index is 12.7. The molecule has 14 atom stereocenters. The highest BCUT2D eigenvalue weighted by Gasteiger charge is 2.73. The summed E-state index contributed by atoms with van der Waals surface area (Å²) in [5.41, 5.74) is 5.03. The number of phenols is 3. The van der Waals surface area contributed by atoms with Gasteiger partial charge in [-0.2, -0.15) is 8.42 Å². The van der Waals surface area contributed by atoms with E-state index in [1.54, 1.807) is 18.2 Å². The van der Waals surface area contributed by atoms with Gasteiger partial charge in [0.2, 0.25) is 0 Å². The minimum atomic E-state index is -4.67. The van der Waals surface area contributed by atoms with Crippen LogP contribution in [-0.2, 0) is 50.7 Å². The lowest BCUT2D eigenvalue weighted by atomic mass is 9.49. The second-order valence-electron chi connectivity index (χ2n) is 23.0. The number of hydrogen-bond acceptors (Lipinski definition) is 15. The Bertz CT molecular complexity index is 2860. The van der Waals surface area contributed by atoms with Crippen molar-refractivity contribution >= 4 is 16.2 Å². The summed E-state index contributed by atoms with van der Waals surface area (Å²) in [6, 6.07) is 12.1. The number of ether oxygens (including phenoxy) is 3. The summed E-state index contributed by atoms with van der Waals surface area (Å²) in [7, 11) is -0.291. The van der Waals surface area contributed by atoms with Crippen molar-refractivity contribution in [2.45, 2.75) is 135 Å². The SMILES string of the molecule is CN1CC[C@]23c4c5ccc(O)c4O[C@H]2[C@@H](O)C=C[C@H]3[C@H]1C5.CN1CC[C@]23c4c5ccc(O)c4O[C@H]2[C@@H](O)C=C[C@H]3[C@H]1C5.O=C1CC[C@@]2(O)[C@H]3Cc4ccc(O)c5c4[C@@]2(CCN3CC2CC2)[C@H]1O5.O=S(=O)(O)O. The summed E-state index contributed by atoms with van der Waals surface area (Å²) in [5, 5.41) is 63.6. The van der Waals surface area contributed by atoms with Gasteiger partial charge in [-0.05, 0) is 132 Å². The number of aromatic hydroxyl groups is 3. The van der Waals surface area contributed by atoms with Crippen LogP contribution in [0.5, 0.6) is 34.5 Å². The minimum Gasteiger partial charge on any atom is -0.504 e. The van der Waals surface area contributed by atoms with Crippen molar-refractivity contribution in [3.05, 3.63) is 94.1 Å². The van der Waals surface area contributed by atoms with Crippen molar-refractivity contribution < 1.29 is 67.2 Å². The Morgan fingerprint density at radius 3 is 1.60 bits per heavy atom. The Morgan fingerprint density at radius 2 is 1.11 bits per heavy atom. The molecule has 18 heteroatoms. The molecule has 8 N–H and O–H groups in total. The van der Waals surface area contributed by atoms with Crippen LogP contribution in [0.25, 0.3) is 0 Å². The fourth-order valence-corrected chi connectivity index (χ4v) is 16.7. The molecule has 7 aliphatic carbocycles. The molecule has 0 aromatic heterocycles. The van der Waals surface area contributed by atoms with Gasteiger partial charge in [0, 0.05) is 70.4 Å². The summed E-state index contributed by atoms with van der Waals surface area (Å²) in [5.74, 6) is 3.77. The van der Waals surface area contributed by atoms with Gasteiger partial charge in [-0.3, -0.25) is 18.8 Å². The average molecular weight is 1010 g/mol. The summed E-state index contributed by atoms with van der Waals surface area (Å²) in [4.78, 5) is 20.1. The summed E-state index contributed by atoms with van der Waals surface area (Å²) in [6.45, 7) is 3.97. The first-order valence-corrected chi connectivity index (χ1v) is 27.1. The zero-order valence-corrected chi connectivity index (χ0v) is 41.1. The number of piperidine rings is 3. The number of nitrogens with zero attached hydrogens (tertiary/aromatic N) is 3. The molecular weight excluding hydrogens is 947 g/mol. The monoisotopic (exact) mass is 1010 g/mol. The van der Waals surface area contributed by atoms with Crippen LogP contribution in [-0.4, -0.2) is 163 Å². The number of aliphatic hydroxyl groups is 3. The Morgan fingerprint density at radius 1 is 0.639 bits per heavy atom. The van der Waals surface area contributed by atoms with E-state index >= 15 is 0 Å². The Labute approximate surface area is 417 Å². The van der Waals surface area contributed by atoms with Crippen molar-refractivity contribution in [1.82, 2.24) is 14.7 Å². The smallest absolute Gasteiger partial charge is 0.394 e. The van der Waals surface area contributed by atoms with Gasteiger partial charge in [0.15, 0.2) is 46.4 Å². The van der Waals surface area contributed by atoms with E-state index in [-0.39, 0.29) is 52.1 Å². The predicted molar refractivity (Wildman–Crippen MR) is 259 cm³/mol. The van der Waals surface area contributed by atoms with Gasteiger partial charge in [-0.25, -0.2) is 0 Å². The highest BCUT2D eigenvalue weighted by atomic mass is 32.3. The molecule has 3 aromatic carbocycles. The molecule has 13 aliphatic rings. The first-order valence-electron chi connectivity index (χ1n) is 25.7. The van der Waals surface area contributed by atoms with Gasteiger partial charge in [0.25, 0.3) is 0 Å². The molecule has 384 valence electrons. The fraction of sp³-hybridized carbons (Fsp3) is 0.574.